The molecule has 22 heavy (non-hydrogen) atoms. The maximum Gasteiger partial charge on any atom is 0.292 e. The molecule has 0 saturated carbocycles. The molecule has 0 fully saturated rings. The Bertz CT molecular complexity index is 859. The first-order valence-corrected chi connectivity index (χ1v) is 7.45. The van der Waals surface area contributed by atoms with Gasteiger partial charge in [-0.3, -0.25) is 4.79 Å². The molecular weight excluding hydrogens is 300 g/mol. The summed E-state index contributed by atoms with van der Waals surface area (Å²) in [5, 5.41) is 1.87. The molecule has 110 valence electrons. The highest BCUT2D eigenvalue weighted by atomic mass is 35.5. The molecule has 1 amide bonds. The zero-order valence-electron chi connectivity index (χ0n) is 11.7. The second-order valence-electron chi connectivity index (χ2n) is 5.32. The summed E-state index contributed by atoms with van der Waals surface area (Å²) in [6.45, 7) is 1.20. The van der Waals surface area contributed by atoms with E-state index in [1.807, 2.05) is 18.2 Å². The number of benzene rings is 1. The number of fused-ring (bicyclic) bond motifs is 3. The standard InChI is InChI=1S/C16H13ClN4O/c17-10-2-3-13-12(8-10)11-4-7-21(9-14(11)20-13)16(22)15-18-5-1-6-19-15/h1-3,5-6,8,20H,4,7,9H2. The molecule has 1 aliphatic heterocycles. The third-order valence-electron chi connectivity index (χ3n) is 3.98. The molecule has 0 bridgehead atoms. The fourth-order valence-corrected chi connectivity index (χ4v) is 3.11. The number of rotatable bonds is 1. The van der Waals surface area contributed by atoms with E-state index >= 15 is 0 Å². The van der Waals surface area contributed by atoms with Gasteiger partial charge >= 0.3 is 0 Å². The summed E-state index contributed by atoms with van der Waals surface area (Å²) in [5.41, 5.74) is 3.36. The largest absolute Gasteiger partial charge is 0.357 e. The first kappa shape index (κ1) is 13.3. The van der Waals surface area contributed by atoms with Crippen LogP contribution in [0, 0.1) is 0 Å². The minimum atomic E-state index is -0.136. The fourth-order valence-electron chi connectivity index (χ4n) is 2.94. The van der Waals surface area contributed by atoms with Gasteiger partial charge in [-0.05, 0) is 36.2 Å². The molecule has 0 atom stereocenters. The van der Waals surface area contributed by atoms with Crippen LogP contribution in [0.4, 0.5) is 0 Å². The lowest BCUT2D eigenvalue weighted by Crippen LogP contribution is -2.36. The minimum Gasteiger partial charge on any atom is -0.357 e. The average molecular weight is 313 g/mol. The molecule has 0 unspecified atom stereocenters. The first-order valence-electron chi connectivity index (χ1n) is 7.07. The van der Waals surface area contributed by atoms with Crippen molar-refractivity contribution in [3.63, 3.8) is 0 Å². The topological polar surface area (TPSA) is 61.9 Å². The van der Waals surface area contributed by atoms with E-state index in [1.54, 1.807) is 23.4 Å². The molecule has 6 heteroatoms. The summed E-state index contributed by atoms with van der Waals surface area (Å²) in [6, 6.07) is 7.52. The number of H-pyrrole nitrogens is 1. The molecule has 1 aliphatic rings. The summed E-state index contributed by atoms with van der Waals surface area (Å²) >= 11 is 6.08. The van der Waals surface area contributed by atoms with Gasteiger partial charge in [-0.1, -0.05) is 11.6 Å². The van der Waals surface area contributed by atoms with Gasteiger partial charge in [-0.25, -0.2) is 9.97 Å². The Labute approximate surface area is 131 Å². The molecular formula is C16H13ClN4O. The number of hydrogen-bond acceptors (Lipinski definition) is 3. The number of aromatic nitrogens is 3. The lowest BCUT2D eigenvalue weighted by atomic mass is 10.0. The van der Waals surface area contributed by atoms with E-state index in [-0.39, 0.29) is 11.7 Å². The molecule has 1 N–H and O–H groups in total. The van der Waals surface area contributed by atoms with Gasteiger partial charge in [0.25, 0.3) is 5.91 Å². The molecule has 0 spiro atoms. The van der Waals surface area contributed by atoms with Crippen LogP contribution in [0.3, 0.4) is 0 Å². The second-order valence-corrected chi connectivity index (χ2v) is 5.76. The smallest absolute Gasteiger partial charge is 0.292 e. The average Bonchev–Trinajstić information content (AvgIpc) is 2.92. The van der Waals surface area contributed by atoms with Crippen LogP contribution in [-0.4, -0.2) is 32.3 Å². The zero-order valence-corrected chi connectivity index (χ0v) is 12.5. The SMILES string of the molecule is O=C(c1ncccn1)N1CCc2c([nH]c3ccc(Cl)cc23)C1. The van der Waals surface area contributed by atoms with Crippen molar-refractivity contribution in [1.29, 1.82) is 0 Å². The van der Waals surface area contributed by atoms with Gasteiger partial charge in [0.05, 0.1) is 6.54 Å². The van der Waals surface area contributed by atoms with Gasteiger partial charge in [0.15, 0.2) is 0 Å². The number of nitrogens with zero attached hydrogens (tertiary/aromatic N) is 3. The van der Waals surface area contributed by atoms with Gasteiger partial charge in [0, 0.05) is 40.6 Å². The van der Waals surface area contributed by atoms with Crippen LogP contribution in [-0.2, 0) is 13.0 Å². The molecule has 3 heterocycles. The number of aromatic amines is 1. The second kappa shape index (κ2) is 5.10. The predicted octanol–water partition coefficient (Wildman–Crippen LogP) is 2.81. The van der Waals surface area contributed by atoms with Crippen molar-refractivity contribution in [2.24, 2.45) is 0 Å². The minimum absolute atomic E-state index is 0.136. The monoisotopic (exact) mass is 312 g/mol. The number of amides is 1. The number of carbonyl (C=O) groups excluding carboxylic acids is 1. The van der Waals surface area contributed by atoms with Crippen LogP contribution >= 0.6 is 11.6 Å². The maximum atomic E-state index is 12.4. The Morgan fingerprint density at radius 3 is 2.91 bits per heavy atom. The first-order chi connectivity index (χ1) is 10.7. The quantitative estimate of drug-likeness (QED) is 0.751. The maximum absolute atomic E-state index is 12.4. The van der Waals surface area contributed by atoms with Crippen LogP contribution in [0.5, 0.6) is 0 Å². The molecule has 4 rings (SSSR count). The number of carbonyl (C=O) groups is 1. The van der Waals surface area contributed by atoms with Crippen LogP contribution in [0.2, 0.25) is 5.02 Å². The van der Waals surface area contributed by atoms with Crippen molar-refractivity contribution in [2.45, 2.75) is 13.0 Å². The third-order valence-corrected chi connectivity index (χ3v) is 4.22. The van der Waals surface area contributed by atoms with E-state index in [0.29, 0.717) is 13.1 Å². The van der Waals surface area contributed by atoms with Crippen LogP contribution in [0.15, 0.2) is 36.7 Å². The number of halogens is 1. The van der Waals surface area contributed by atoms with Gasteiger partial charge in [-0.15, -0.1) is 0 Å². The van der Waals surface area contributed by atoms with Crippen molar-refractivity contribution < 1.29 is 4.79 Å². The van der Waals surface area contributed by atoms with Crippen molar-refractivity contribution in [3.05, 3.63) is 58.8 Å². The molecule has 0 saturated heterocycles. The summed E-state index contributed by atoms with van der Waals surface area (Å²) in [6.07, 6.45) is 3.97. The van der Waals surface area contributed by atoms with E-state index in [1.165, 1.54) is 5.56 Å². The molecule has 3 aromatic rings. The van der Waals surface area contributed by atoms with E-state index < -0.39 is 0 Å². The number of hydrogen-bond donors (Lipinski definition) is 1. The Morgan fingerprint density at radius 1 is 1.27 bits per heavy atom. The fraction of sp³-hybridized carbons (Fsp3) is 0.188. The Hall–Kier alpha value is -2.40. The Morgan fingerprint density at radius 2 is 2.09 bits per heavy atom. The normalized spacial score (nSPS) is 14.1. The lowest BCUT2D eigenvalue weighted by Gasteiger charge is -2.26. The molecule has 5 nitrogen and oxygen atoms in total. The summed E-state index contributed by atoms with van der Waals surface area (Å²) in [5.74, 6) is 0.105. The Kier molecular flexibility index (Phi) is 3.08. The van der Waals surface area contributed by atoms with E-state index in [9.17, 15) is 4.79 Å². The molecule has 0 radical (unpaired) electrons. The predicted molar refractivity (Wildman–Crippen MR) is 83.8 cm³/mol. The van der Waals surface area contributed by atoms with Crippen LogP contribution in [0.1, 0.15) is 21.9 Å². The van der Waals surface area contributed by atoms with Crippen molar-refractivity contribution in [2.75, 3.05) is 6.54 Å². The van der Waals surface area contributed by atoms with Crippen LogP contribution in [0.25, 0.3) is 10.9 Å². The van der Waals surface area contributed by atoms with Crippen molar-refractivity contribution in [1.82, 2.24) is 19.9 Å². The molecule has 2 aromatic heterocycles. The summed E-state index contributed by atoms with van der Waals surface area (Å²) < 4.78 is 0. The van der Waals surface area contributed by atoms with Crippen molar-refractivity contribution >= 4 is 28.4 Å². The van der Waals surface area contributed by atoms with Gasteiger partial charge in [0.2, 0.25) is 5.82 Å². The van der Waals surface area contributed by atoms with Crippen molar-refractivity contribution in [3.8, 4) is 0 Å². The van der Waals surface area contributed by atoms with E-state index in [0.717, 1.165) is 28.0 Å². The lowest BCUT2D eigenvalue weighted by molar-refractivity contribution is 0.0720. The van der Waals surface area contributed by atoms with Crippen LogP contribution < -0.4 is 0 Å². The van der Waals surface area contributed by atoms with Gasteiger partial charge in [-0.2, -0.15) is 0 Å². The molecule has 1 aromatic carbocycles. The summed E-state index contributed by atoms with van der Waals surface area (Å²) in [7, 11) is 0. The summed E-state index contributed by atoms with van der Waals surface area (Å²) in [4.78, 5) is 25.7. The highest BCUT2D eigenvalue weighted by molar-refractivity contribution is 6.31. The highest BCUT2D eigenvalue weighted by Crippen LogP contribution is 2.29. The Balaban J connectivity index is 1.67. The number of nitrogens with one attached hydrogen (secondary N) is 1. The highest BCUT2D eigenvalue weighted by Gasteiger charge is 2.25. The van der Waals surface area contributed by atoms with Gasteiger partial charge < -0.3 is 9.88 Å². The van der Waals surface area contributed by atoms with E-state index in [2.05, 4.69) is 15.0 Å². The van der Waals surface area contributed by atoms with Gasteiger partial charge in [0.1, 0.15) is 0 Å². The third kappa shape index (κ3) is 2.14. The molecule has 0 aliphatic carbocycles. The van der Waals surface area contributed by atoms with E-state index in [4.69, 9.17) is 11.6 Å². The zero-order chi connectivity index (χ0) is 15.1.